The summed E-state index contributed by atoms with van der Waals surface area (Å²) in [6.45, 7) is 46.1. The van der Waals surface area contributed by atoms with Crippen LogP contribution in [0.4, 0.5) is 5.82 Å². The number of aromatic nitrogens is 1. The Hall–Kier alpha value is -3.87. The average Bonchev–Trinajstić information content (AvgIpc) is 3.74. The van der Waals surface area contributed by atoms with Crippen LogP contribution >= 0.6 is 11.8 Å². The molecule has 5 atom stereocenters. The van der Waals surface area contributed by atoms with Crippen LogP contribution in [-0.2, 0) is 28.7 Å². The first-order valence-electron chi connectivity index (χ1n) is 26.4. The fraction of sp³-hybridized carbons (Fsp3) is 0.759. The van der Waals surface area contributed by atoms with Crippen molar-refractivity contribution in [3.05, 3.63) is 33.7 Å². The predicted octanol–water partition coefficient (Wildman–Crippen LogP) is 13.5. The van der Waals surface area contributed by atoms with Crippen molar-refractivity contribution < 1.29 is 38.6 Å². The van der Waals surface area contributed by atoms with Gasteiger partial charge in [0, 0.05) is 40.5 Å². The van der Waals surface area contributed by atoms with E-state index >= 15 is 9.59 Å². The highest BCUT2D eigenvalue weighted by molar-refractivity contribution is 8.00. The van der Waals surface area contributed by atoms with E-state index in [1.807, 2.05) is 54.5 Å². The monoisotopic (exact) mass is 1010 g/mol. The number of hydrogen-bond donors (Lipinski definition) is 4. The number of hydrogen-bond acceptors (Lipinski definition) is 9. The number of aromatic amines is 1. The number of amides is 2. The Morgan fingerprint density at radius 1 is 0.690 bits per heavy atom. The maximum Gasteiger partial charge on any atom is 0.342 e. The molecule has 2 amide bonds. The largest absolute Gasteiger partial charge is 0.481 e. The van der Waals surface area contributed by atoms with Crippen LogP contribution in [0.15, 0.2) is 21.8 Å². The van der Waals surface area contributed by atoms with Crippen LogP contribution < -0.4 is 10.6 Å². The lowest BCUT2D eigenvalue weighted by Crippen LogP contribution is -2.50. The summed E-state index contributed by atoms with van der Waals surface area (Å²) < 4.78 is 13.7. The maximum atomic E-state index is 15.3. The molecule has 2 fully saturated rings. The second-order valence-corrected chi connectivity index (χ2v) is 28.9. The second kappa shape index (κ2) is 22.3. The van der Waals surface area contributed by atoms with Crippen molar-refractivity contribution in [3.63, 3.8) is 0 Å². The van der Waals surface area contributed by atoms with E-state index in [0.29, 0.717) is 34.4 Å². The van der Waals surface area contributed by atoms with Gasteiger partial charge in [0.15, 0.2) is 0 Å². The smallest absolute Gasteiger partial charge is 0.342 e. The Balaban J connectivity index is 2.01. The quantitative estimate of drug-likeness (QED) is 0.140. The van der Waals surface area contributed by atoms with Crippen molar-refractivity contribution in [1.82, 2.24) is 10.3 Å². The van der Waals surface area contributed by atoms with Gasteiger partial charge in [0.25, 0.3) is 0 Å². The number of carboxylic acid groups (broad SMARTS) is 1. The summed E-state index contributed by atoms with van der Waals surface area (Å²) in [5, 5.41) is 14.7. The van der Waals surface area contributed by atoms with Gasteiger partial charge in [0.05, 0.1) is 17.4 Å². The Kier molecular flexibility index (Phi) is 18.8. The molecule has 0 spiro atoms. The van der Waals surface area contributed by atoms with Gasteiger partial charge in [-0.15, -0.1) is 11.8 Å². The van der Waals surface area contributed by atoms with Gasteiger partial charge in [-0.1, -0.05) is 145 Å². The first-order chi connectivity index (χ1) is 32.2. The zero-order chi connectivity index (χ0) is 54.3. The van der Waals surface area contributed by atoms with Crippen LogP contribution in [0.3, 0.4) is 0 Å². The number of allylic oxidation sites excluding steroid dienone is 1. The molecule has 0 aromatic carbocycles. The molecule has 0 radical (unpaired) electrons. The molecule has 2 saturated carbocycles. The minimum Gasteiger partial charge on any atom is -0.481 e. The van der Waals surface area contributed by atoms with Crippen molar-refractivity contribution in [3.8, 4) is 0 Å². The van der Waals surface area contributed by atoms with Crippen molar-refractivity contribution in [2.45, 2.75) is 208 Å². The summed E-state index contributed by atoms with van der Waals surface area (Å²) in [4.78, 5) is 78.3. The van der Waals surface area contributed by atoms with E-state index < -0.39 is 46.7 Å². The van der Waals surface area contributed by atoms with E-state index in [1.54, 1.807) is 6.92 Å². The van der Waals surface area contributed by atoms with Crippen molar-refractivity contribution in [2.24, 2.45) is 73.5 Å². The molecule has 71 heavy (non-hydrogen) atoms. The highest BCUT2D eigenvalue weighted by atomic mass is 32.2. The molecule has 4 N–H and O–H groups in total. The summed E-state index contributed by atoms with van der Waals surface area (Å²) in [5.41, 5.74) is 1.00. The minimum atomic E-state index is -0.952. The number of H-pyrrole nitrogens is 1. The average molecular weight is 1010 g/mol. The molecular formula is C58H94N4O8S. The standard InChI is InChI=1S/C58H94N4O8S/c1-30(2)42-39(59-48(61-50(65)34(7)71-24-23-41(63)64)44(42)51(66)69-46-35(54(8,9)10)25-32(5)26-36(46)55(11,12)13)29-40-43(31(3)4)45(49(60-40)62-53(68)58(20,21)22)52(67)70-47-37(56(14,15)16)27-33(6)28-38(47)57(17,18)19/h29-38,46-47,59H,23-28H2,1-22H3,(H,61,65)(H,63,64)(H,60,62,68). The number of carbonyl (C=O) groups is 5. The molecule has 2 heterocycles. The number of thioether (sulfide) groups is 1. The molecule has 2 aliphatic carbocycles. The number of rotatable bonds is 13. The highest BCUT2D eigenvalue weighted by Gasteiger charge is 2.51. The Labute approximate surface area is 432 Å². The van der Waals surface area contributed by atoms with Gasteiger partial charge >= 0.3 is 17.9 Å². The van der Waals surface area contributed by atoms with Crippen molar-refractivity contribution in [1.29, 1.82) is 0 Å². The van der Waals surface area contributed by atoms with Gasteiger partial charge < -0.3 is 30.2 Å². The Bertz CT molecular complexity index is 2180. The van der Waals surface area contributed by atoms with Gasteiger partial charge in [-0.3, -0.25) is 14.4 Å². The Morgan fingerprint density at radius 2 is 1.13 bits per heavy atom. The molecule has 3 aliphatic rings. The van der Waals surface area contributed by atoms with Crippen LogP contribution in [0, 0.1) is 68.5 Å². The van der Waals surface area contributed by atoms with E-state index in [9.17, 15) is 19.5 Å². The molecule has 12 nitrogen and oxygen atoms in total. The van der Waals surface area contributed by atoms with Crippen LogP contribution in [-0.4, -0.2) is 68.9 Å². The highest BCUT2D eigenvalue weighted by Crippen LogP contribution is 2.52. The Morgan fingerprint density at radius 3 is 1.51 bits per heavy atom. The number of ether oxygens (including phenoxy) is 2. The zero-order valence-electron chi connectivity index (χ0n) is 47.8. The molecule has 400 valence electrons. The lowest BCUT2D eigenvalue weighted by Gasteiger charge is -2.50. The fourth-order valence-electron chi connectivity index (χ4n) is 11.2. The number of aliphatic carboxylic acids is 1. The molecule has 1 aliphatic heterocycles. The lowest BCUT2D eigenvalue weighted by molar-refractivity contribution is -0.164. The normalized spacial score (nSPS) is 25.9. The molecule has 0 bridgehead atoms. The number of carboxylic acids is 1. The van der Waals surface area contributed by atoms with E-state index in [1.165, 1.54) is 11.8 Å². The van der Waals surface area contributed by atoms with Crippen LogP contribution in [0.1, 0.15) is 212 Å². The number of amidine groups is 1. The van der Waals surface area contributed by atoms with Crippen molar-refractivity contribution >= 4 is 59.2 Å². The molecule has 1 aromatic heterocycles. The zero-order valence-corrected chi connectivity index (χ0v) is 48.6. The number of aliphatic imine (C=N–C) groups is 1. The second-order valence-electron chi connectivity index (χ2n) is 27.4. The third kappa shape index (κ3) is 14.7. The molecule has 4 rings (SSSR count). The number of carbonyl (C=O) groups excluding carboxylic acids is 4. The van der Waals surface area contributed by atoms with Gasteiger partial charge in [0.2, 0.25) is 11.8 Å². The molecule has 0 saturated heterocycles. The first kappa shape index (κ1) is 59.7. The minimum absolute atomic E-state index is 0.0620. The molecular weight excluding hydrogens is 913 g/mol. The third-order valence-electron chi connectivity index (χ3n) is 15.3. The van der Waals surface area contributed by atoms with Gasteiger partial charge in [-0.05, 0) is 95.2 Å². The number of nitrogens with one attached hydrogen (secondary N) is 3. The number of nitrogens with zero attached hydrogens (tertiary/aromatic N) is 1. The molecule has 13 heteroatoms. The van der Waals surface area contributed by atoms with Gasteiger partial charge in [-0.25, -0.2) is 14.6 Å². The summed E-state index contributed by atoms with van der Waals surface area (Å²) in [6.07, 6.45) is 4.54. The first-order valence-corrected chi connectivity index (χ1v) is 27.5. The third-order valence-corrected chi connectivity index (χ3v) is 16.4. The SMILES string of the molecule is CC1CC(C(C)(C)C)C(OC(=O)C2=C(C(C)C)C(=Cc3[nH]c(NC(=O)C(C)SCCC(=O)O)c(C(=O)OC4C(C(C)(C)C)CC(C)CC4C(C)(C)C)c3C(C)C)N=C2NC(=O)C(C)(C)C)C(C(C)(C)C)C1. The van der Waals surface area contributed by atoms with Crippen molar-refractivity contribution in [2.75, 3.05) is 11.1 Å². The summed E-state index contributed by atoms with van der Waals surface area (Å²) in [5.74, 6) is -1.66. The number of esters is 2. The lowest BCUT2D eigenvalue weighted by atomic mass is 9.59. The van der Waals surface area contributed by atoms with E-state index in [0.717, 1.165) is 25.7 Å². The topological polar surface area (TPSA) is 176 Å². The molecule has 1 aromatic rings. The van der Waals surface area contributed by atoms with E-state index in [-0.39, 0.29) is 98.0 Å². The summed E-state index contributed by atoms with van der Waals surface area (Å²) in [7, 11) is 0. The predicted molar refractivity (Wildman–Crippen MR) is 290 cm³/mol. The fourth-order valence-corrected chi connectivity index (χ4v) is 12.1. The molecule has 5 unspecified atom stereocenters. The van der Waals surface area contributed by atoms with Gasteiger partial charge in [0.1, 0.15) is 35.0 Å². The summed E-state index contributed by atoms with van der Waals surface area (Å²) >= 11 is 1.22. The summed E-state index contributed by atoms with van der Waals surface area (Å²) in [6, 6.07) is 0. The number of anilines is 1. The van der Waals surface area contributed by atoms with E-state index in [4.69, 9.17) is 14.5 Å². The van der Waals surface area contributed by atoms with E-state index in [2.05, 4.69) is 113 Å². The van der Waals surface area contributed by atoms with Crippen LogP contribution in [0.5, 0.6) is 0 Å². The van der Waals surface area contributed by atoms with Crippen LogP contribution in [0.2, 0.25) is 0 Å². The maximum absolute atomic E-state index is 15.3. The van der Waals surface area contributed by atoms with Crippen LogP contribution in [0.25, 0.3) is 6.08 Å². The van der Waals surface area contributed by atoms with Gasteiger partial charge in [-0.2, -0.15) is 0 Å².